The number of allylic oxidation sites excluding steroid dienone is 12. The van der Waals surface area contributed by atoms with Crippen molar-refractivity contribution in [3.05, 3.63) is 115 Å². The van der Waals surface area contributed by atoms with Crippen LogP contribution in [0.25, 0.3) is 0 Å². The van der Waals surface area contributed by atoms with E-state index < -0.39 is 11.9 Å². The van der Waals surface area contributed by atoms with E-state index >= 15 is 0 Å². The third-order valence-corrected chi connectivity index (χ3v) is 5.22. The molecule has 0 heterocycles. The van der Waals surface area contributed by atoms with Gasteiger partial charge in [-0.2, -0.15) is 0 Å². The van der Waals surface area contributed by atoms with Gasteiger partial charge in [0.1, 0.15) is 0 Å². The van der Waals surface area contributed by atoms with Crippen LogP contribution in [0.5, 0.6) is 0 Å². The number of amides is 2. The minimum Gasteiger partial charge on any atom is -0.478 e. The zero-order valence-electron chi connectivity index (χ0n) is 22.9. The quantitative estimate of drug-likeness (QED) is 0.129. The van der Waals surface area contributed by atoms with Crippen LogP contribution in [0.4, 0.5) is 5.69 Å². The number of benzene rings is 1. The SMILES string of the molecule is CCC=CCC=CCC=CCC=CCC=CCC=CCCC(=O)NCc1ccc(NC(=O)C=CC(=O)O)cc1. The highest BCUT2D eigenvalue weighted by Gasteiger charge is 2.02. The average Bonchev–Trinajstić information content (AvgIpc) is 2.92. The van der Waals surface area contributed by atoms with E-state index in [1.807, 2.05) is 6.08 Å². The first kappa shape index (κ1) is 32.8. The van der Waals surface area contributed by atoms with E-state index in [4.69, 9.17) is 5.11 Å². The number of carbonyl (C=O) groups is 3. The lowest BCUT2D eigenvalue weighted by Gasteiger charge is -2.06. The van der Waals surface area contributed by atoms with Crippen molar-refractivity contribution < 1.29 is 19.5 Å². The first-order chi connectivity index (χ1) is 19.0. The molecule has 1 rings (SSSR count). The second-order valence-corrected chi connectivity index (χ2v) is 8.59. The van der Waals surface area contributed by atoms with Crippen LogP contribution in [0.3, 0.4) is 0 Å². The maximum absolute atomic E-state index is 12.0. The molecule has 2 amide bonds. The molecule has 208 valence electrons. The lowest BCUT2D eigenvalue weighted by atomic mass is 10.2. The highest BCUT2D eigenvalue weighted by Crippen LogP contribution is 2.10. The molecular weight excluding hydrogens is 488 g/mol. The summed E-state index contributed by atoms with van der Waals surface area (Å²) in [4.78, 5) is 34.1. The molecule has 0 spiro atoms. The van der Waals surface area contributed by atoms with Crippen molar-refractivity contribution in [2.45, 2.75) is 64.8 Å². The van der Waals surface area contributed by atoms with Gasteiger partial charge in [-0.3, -0.25) is 9.59 Å². The Bertz CT molecular complexity index is 1060. The molecule has 0 aliphatic heterocycles. The number of nitrogens with one attached hydrogen (secondary N) is 2. The van der Waals surface area contributed by atoms with Gasteiger partial charge in [0.25, 0.3) is 0 Å². The van der Waals surface area contributed by atoms with E-state index in [9.17, 15) is 14.4 Å². The van der Waals surface area contributed by atoms with E-state index in [0.29, 0.717) is 25.1 Å². The van der Waals surface area contributed by atoms with Gasteiger partial charge in [0.05, 0.1) is 0 Å². The van der Waals surface area contributed by atoms with Gasteiger partial charge in [0.15, 0.2) is 0 Å². The molecule has 0 unspecified atom stereocenters. The fourth-order valence-corrected chi connectivity index (χ4v) is 3.18. The molecule has 39 heavy (non-hydrogen) atoms. The van der Waals surface area contributed by atoms with Gasteiger partial charge in [0.2, 0.25) is 11.8 Å². The first-order valence-corrected chi connectivity index (χ1v) is 13.5. The number of aliphatic carboxylic acids is 1. The summed E-state index contributed by atoms with van der Waals surface area (Å²) in [6, 6.07) is 6.99. The molecule has 3 N–H and O–H groups in total. The molecule has 0 aliphatic carbocycles. The van der Waals surface area contributed by atoms with Crippen molar-refractivity contribution in [3.8, 4) is 0 Å². The number of hydrogen-bond acceptors (Lipinski definition) is 3. The van der Waals surface area contributed by atoms with Crippen LogP contribution < -0.4 is 10.6 Å². The number of anilines is 1. The van der Waals surface area contributed by atoms with Crippen LogP contribution in [0.1, 0.15) is 63.9 Å². The molecule has 0 fully saturated rings. The summed E-state index contributed by atoms with van der Waals surface area (Å²) >= 11 is 0. The standard InChI is InChI=1S/C33H42N2O4/c1-2-3-4-5-6-7-8-9-10-11-12-13-14-15-16-17-18-19-20-21-31(36)34-28-29-22-24-30(25-23-29)35-32(37)26-27-33(38)39/h3-4,6-7,9-10,12-13,15-16,18-19,22-27H,2,5,8,11,14,17,20-21,28H2,1H3,(H,34,36)(H,35,37)(H,38,39). The van der Waals surface area contributed by atoms with Crippen LogP contribution in [-0.2, 0) is 20.9 Å². The van der Waals surface area contributed by atoms with E-state index in [1.54, 1.807) is 24.3 Å². The van der Waals surface area contributed by atoms with Crippen LogP contribution in [0.2, 0.25) is 0 Å². The maximum Gasteiger partial charge on any atom is 0.328 e. The Labute approximate surface area is 233 Å². The normalized spacial score (nSPS) is 12.3. The van der Waals surface area contributed by atoms with Gasteiger partial charge < -0.3 is 15.7 Å². The average molecular weight is 531 g/mol. The fraction of sp³-hybridized carbons (Fsp3) is 0.303. The highest BCUT2D eigenvalue weighted by atomic mass is 16.4. The second-order valence-electron chi connectivity index (χ2n) is 8.59. The third kappa shape index (κ3) is 20.5. The number of rotatable bonds is 19. The smallest absolute Gasteiger partial charge is 0.328 e. The fourth-order valence-electron chi connectivity index (χ4n) is 3.18. The number of carboxylic acid groups (broad SMARTS) is 1. The van der Waals surface area contributed by atoms with Crippen LogP contribution in [0, 0.1) is 0 Å². The van der Waals surface area contributed by atoms with Crippen LogP contribution in [0.15, 0.2) is 109 Å². The molecule has 1 aromatic carbocycles. The molecule has 0 aliphatic rings. The van der Waals surface area contributed by atoms with Gasteiger partial charge in [0, 0.05) is 30.8 Å². The van der Waals surface area contributed by atoms with Crippen molar-refractivity contribution in [2.75, 3.05) is 5.32 Å². The number of carbonyl (C=O) groups excluding carboxylic acids is 2. The molecular formula is C33H42N2O4. The maximum atomic E-state index is 12.0. The summed E-state index contributed by atoms with van der Waals surface area (Å²) < 4.78 is 0. The van der Waals surface area contributed by atoms with Gasteiger partial charge in [-0.25, -0.2) is 4.79 Å². The Morgan fingerprint density at radius 3 is 1.67 bits per heavy atom. The Balaban J connectivity index is 2.09. The number of hydrogen-bond donors (Lipinski definition) is 3. The van der Waals surface area contributed by atoms with Crippen LogP contribution in [-0.4, -0.2) is 22.9 Å². The van der Waals surface area contributed by atoms with Gasteiger partial charge in [-0.15, -0.1) is 0 Å². The van der Waals surface area contributed by atoms with E-state index in [0.717, 1.165) is 56.2 Å². The first-order valence-electron chi connectivity index (χ1n) is 13.5. The molecule has 0 saturated carbocycles. The molecule has 0 saturated heterocycles. The number of carboxylic acids is 1. The summed E-state index contributed by atoms with van der Waals surface area (Å²) in [5.74, 6) is -1.73. The van der Waals surface area contributed by atoms with Crippen molar-refractivity contribution in [2.24, 2.45) is 0 Å². The Morgan fingerprint density at radius 2 is 1.18 bits per heavy atom. The second kappa shape index (κ2) is 23.0. The minimum atomic E-state index is -1.18. The lowest BCUT2D eigenvalue weighted by molar-refractivity contribution is -0.131. The predicted molar refractivity (Wildman–Crippen MR) is 161 cm³/mol. The largest absolute Gasteiger partial charge is 0.478 e. The van der Waals surface area contributed by atoms with Gasteiger partial charge in [-0.05, 0) is 62.6 Å². The topological polar surface area (TPSA) is 95.5 Å². The van der Waals surface area contributed by atoms with Crippen molar-refractivity contribution in [1.82, 2.24) is 5.32 Å². The zero-order chi connectivity index (χ0) is 28.4. The molecule has 0 aromatic heterocycles. The predicted octanol–water partition coefficient (Wildman–Crippen LogP) is 7.36. The molecule has 0 radical (unpaired) electrons. The van der Waals surface area contributed by atoms with Crippen LogP contribution >= 0.6 is 0 Å². The summed E-state index contributed by atoms with van der Waals surface area (Å²) in [6.07, 6.45) is 34.5. The van der Waals surface area contributed by atoms with E-state index in [2.05, 4.69) is 84.4 Å². The zero-order valence-corrected chi connectivity index (χ0v) is 22.9. The minimum absolute atomic E-state index is 0.0225. The van der Waals surface area contributed by atoms with Crippen molar-refractivity contribution in [1.29, 1.82) is 0 Å². The molecule has 0 bridgehead atoms. The summed E-state index contributed by atoms with van der Waals surface area (Å²) in [7, 11) is 0. The summed E-state index contributed by atoms with van der Waals surface area (Å²) in [5, 5.41) is 14.0. The summed E-state index contributed by atoms with van der Waals surface area (Å²) in [5.41, 5.74) is 1.44. The van der Waals surface area contributed by atoms with E-state index in [1.165, 1.54) is 0 Å². The van der Waals surface area contributed by atoms with Crippen molar-refractivity contribution in [3.63, 3.8) is 0 Å². The summed E-state index contributed by atoms with van der Waals surface area (Å²) in [6.45, 7) is 2.54. The molecule has 0 atom stereocenters. The van der Waals surface area contributed by atoms with E-state index in [-0.39, 0.29) is 5.91 Å². The monoisotopic (exact) mass is 530 g/mol. The Kier molecular flexibility index (Phi) is 19.3. The van der Waals surface area contributed by atoms with Gasteiger partial charge >= 0.3 is 5.97 Å². The molecule has 6 nitrogen and oxygen atoms in total. The Morgan fingerprint density at radius 1 is 0.692 bits per heavy atom. The lowest BCUT2D eigenvalue weighted by Crippen LogP contribution is -2.22. The van der Waals surface area contributed by atoms with Crippen molar-refractivity contribution >= 4 is 23.5 Å². The molecule has 6 heteroatoms. The Hall–Kier alpha value is -4.19. The third-order valence-electron chi connectivity index (χ3n) is 5.22. The molecule has 1 aromatic rings. The highest BCUT2D eigenvalue weighted by molar-refractivity contribution is 6.02. The van der Waals surface area contributed by atoms with Gasteiger partial charge in [-0.1, -0.05) is 92.0 Å².